The van der Waals surface area contributed by atoms with E-state index in [9.17, 15) is 9.59 Å². The molecule has 0 unspecified atom stereocenters. The molecule has 0 aliphatic rings. The van der Waals surface area contributed by atoms with Crippen molar-refractivity contribution in [1.29, 1.82) is 0 Å². The van der Waals surface area contributed by atoms with Crippen molar-refractivity contribution in [1.82, 2.24) is 0 Å². The molecule has 0 rings (SSSR count). The third-order valence-electron chi connectivity index (χ3n) is 0.275. The van der Waals surface area contributed by atoms with Gasteiger partial charge in [-0.3, -0.25) is 9.59 Å². The van der Waals surface area contributed by atoms with Gasteiger partial charge in [0, 0.05) is 0 Å². The first-order valence-electron chi connectivity index (χ1n) is 1.54. The van der Waals surface area contributed by atoms with E-state index in [1.54, 1.807) is 0 Å². The molecule has 0 saturated heterocycles. The number of carbonyl (C=O) groups excluding carboxylic acids is 2. The smallest absolute Gasteiger partial charge is 0.196 e. The zero-order valence-corrected chi connectivity index (χ0v) is 5.17. The normalized spacial score (nSPS) is 8.14. The SMILES string of the molecule is O=CSCC(=O)S. The lowest BCUT2D eigenvalue weighted by Crippen LogP contribution is -1.87. The van der Waals surface area contributed by atoms with E-state index in [0.717, 1.165) is 11.8 Å². The van der Waals surface area contributed by atoms with E-state index in [4.69, 9.17) is 0 Å². The Bertz CT molecular complexity index is 81.0. The topological polar surface area (TPSA) is 34.1 Å². The fourth-order valence-corrected chi connectivity index (χ4v) is 0.540. The van der Waals surface area contributed by atoms with Gasteiger partial charge in [-0.05, 0) is 0 Å². The highest BCUT2D eigenvalue weighted by molar-refractivity contribution is 8.14. The molecule has 0 spiro atoms. The van der Waals surface area contributed by atoms with Crippen LogP contribution in [0.2, 0.25) is 0 Å². The molecule has 0 N–H and O–H groups in total. The maximum atomic E-state index is 9.89. The Kier molecular flexibility index (Phi) is 4.23. The molecule has 2 nitrogen and oxygen atoms in total. The number of carbonyl (C=O) groups is 2. The van der Waals surface area contributed by atoms with Crippen LogP contribution in [0, 0.1) is 0 Å². The Balaban J connectivity index is 2.97. The summed E-state index contributed by atoms with van der Waals surface area (Å²) in [7, 11) is 0. The molecule has 0 aromatic heterocycles. The monoisotopic (exact) mass is 136 g/mol. The van der Waals surface area contributed by atoms with Crippen LogP contribution < -0.4 is 0 Å². The van der Waals surface area contributed by atoms with Crippen LogP contribution in [0.15, 0.2) is 0 Å². The second kappa shape index (κ2) is 4.21. The van der Waals surface area contributed by atoms with Crippen molar-refractivity contribution in [2.75, 3.05) is 5.75 Å². The van der Waals surface area contributed by atoms with Gasteiger partial charge in [0.1, 0.15) is 0 Å². The summed E-state index contributed by atoms with van der Waals surface area (Å²) < 4.78 is 0. The third-order valence-corrected chi connectivity index (χ3v) is 1.21. The van der Waals surface area contributed by atoms with Gasteiger partial charge in [0.25, 0.3) is 0 Å². The van der Waals surface area contributed by atoms with Gasteiger partial charge in [-0.15, -0.1) is 12.6 Å². The minimum atomic E-state index is -0.267. The summed E-state index contributed by atoms with van der Waals surface area (Å²) in [5.41, 5.74) is 0.619. The maximum Gasteiger partial charge on any atom is 0.196 e. The second-order valence-corrected chi connectivity index (χ2v) is 2.11. The molecule has 7 heavy (non-hydrogen) atoms. The van der Waals surface area contributed by atoms with Crippen LogP contribution in [0.4, 0.5) is 0 Å². The van der Waals surface area contributed by atoms with Crippen molar-refractivity contribution < 1.29 is 9.59 Å². The Morgan fingerprint density at radius 1 is 1.86 bits per heavy atom. The van der Waals surface area contributed by atoms with Crippen molar-refractivity contribution in [3.05, 3.63) is 0 Å². The van der Waals surface area contributed by atoms with Crippen molar-refractivity contribution >= 4 is 35.1 Å². The first-order valence-corrected chi connectivity index (χ1v) is 3.04. The van der Waals surface area contributed by atoms with Gasteiger partial charge in [0.2, 0.25) is 0 Å². The molecule has 0 aliphatic heterocycles. The van der Waals surface area contributed by atoms with E-state index in [-0.39, 0.29) is 10.9 Å². The van der Waals surface area contributed by atoms with Crippen LogP contribution in [0.25, 0.3) is 0 Å². The molecule has 0 saturated carbocycles. The number of hydrogen-bond acceptors (Lipinski definition) is 3. The highest BCUT2D eigenvalue weighted by Crippen LogP contribution is 1.93. The molecule has 0 heterocycles. The Hall–Kier alpha value is 0.0400. The first kappa shape index (κ1) is 7.04. The van der Waals surface area contributed by atoms with Gasteiger partial charge >= 0.3 is 0 Å². The highest BCUT2D eigenvalue weighted by Gasteiger charge is 1.89. The quantitative estimate of drug-likeness (QED) is 0.449. The average molecular weight is 136 g/mol. The lowest BCUT2D eigenvalue weighted by atomic mass is 10.9. The summed E-state index contributed by atoms with van der Waals surface area (Å²) in [6.45, 7) is 0. The molecule has 0 fully saturated rings. The standard InChI is InChI=1S/C3H4O2S2/c4-2-7-1-3(5)6/h2H,1H2,(H,5,6). The van der Waals surface area contributed by atoms with Crippen LogP contribution in [0.3, 0.4) is 0 Å². The molecule has 0 atom stereocenters. The molecule has 0 aromatic carbocycles. The number of thiol groups is 1. The fourth-order valence-electron chi connectivity index (χ4n) is 0.105. The molecule has 0 radical (unpaired) electrons. The third kappa shape index (κ3) is 6.04. The Labute approximate surface area is 51.1 Å². The Morgan fingerprint density at radius 3 is 2.57 bits per heavy atom. The summed E-state index contributed by atoms with van der Waals surface area (Å²) >= 11 is 4.32. The number of rotatable bonds is 3. The molecule has 0 aromatic rings. The molecular formula is C3H4O2S2. The highest BCUT2D eigenvalue weighted by atomic mass is 32.2. The van der Waals surface area contributed by atoms with Crippen LogP contribution >= 0.6 is 24.4 Å². The summed E-state index contributed by atoms with van der Waals surface area (Å²) in [5.74, 6) is 0.173. The predicted octanol–water partition coefficient (Wildman–Crippen LogP) is 0.366. The number of hydrogen-bond donors (Lipinski definition) is 1. The predicted molar refractivity (Wildman–Crippen MR) is 33.2 cm³/mol. The second-order valence-electron chi connectivity index (χ2n) is 0.801. The van der Waals surface area contributed by atoms with Crippen molar-refractivity contribution in [3.8, 4) is 0 Å². The van der Waals surface area contributed by atoms with Gasteiger partial charge in [-0.2, -0.15) is 0 Å². The molecule has 0 aliphatic carbocycles. The van der Waals surface area contributed by atoms with Crippen LogP contribution in [-0.4, -0.2) is 16.5 Å². The van der Waals surface area contributed by atoms with Crippen LogP contribution in [0.5, 0.6) is 0 Å². The summed E-state index contributed by atoms with van der Waals surface area (Å²) in [6, 6.07) is 0. The molecule has 40 valence electrons. The van der Waals surface area contributed by atoms with Gasteiger partial charge in [-0.1, -0.05) is 11.8 Å². The van der Waals surface area contributed by atoms with E-state index < -0.39 is 0 Å². The van der Waals surface area contributed by atoms with Crippen molar-refractivity contribution in [2.45, 2.75) is 0 Å². The van der Waals surface area contributed by atoms with E-state index in [2.05, 4.69) is 12.6 Å². The van der Waals surface area contributed by atoms with Gasteiger partial charge in [0.15, 0.2) is 10.7 Å². The zero-order valence-electron chi connectivity index (χ0n) is 3.46. The minimum Gasteiger partial charge on any atom is -0.291 e. The van der Waals surface area contributed by atoms with E-state index in [1.165, 1.54) is 0 Å². The molecule has 0 bridgehead atoms. The van der Waals surface area contributed by atoms with Crippen molar-refractivity contribution in [3.63, 3.8) is 0 Å². The van der Waals surface area contributed by atoms with Crippen molar-refractivity contribution in [2.24, 2.45) is 0 Å². The first-order chi connectivity index (χ1) is 3.27. The van der Waals surface area contributed by atoms with E-state index in [0.29, 0.717) is 5.62 Å². The molecular weight excluding hydrogens is 132 g/mol. The summed E-state index contributed by atoms with van der Waals surface area (Å²) in [6.07, 6.45) is 0. The van der Waals surface area contributed by atoms with Gasteiger partial charge in [-0.25, -0.2) is 0 Å². The van der Waals surface area contributed by atoms with Crippen LogP contribution in [0.1, 0.15) is 0 Å². The lowest BCUT2D eigenvalue weighted by Gasteiger charge is -1.79. The largest absolute Gasteiger partial charge is 0.291 e. The van der Waals surface area contributed by atoms with Gasteiger partial charge in [0.05, 0.1) is 5.75 Å². The maximum absolute atomic E-state index is 9.89. The van der Waals surface area contributed by atoms with E-state index >= 15 is 0 Å². The molecule has 4 heteroatoms. The summed E-state index contributed by atoms with van der Waals surface area (Å²) in [5, 5.41) is -0.267. The lowest BCUT2D eigenvalue weighted by molar-refractivity contribution is -0.108. The Morgan fingerprint density at radius 2 is 2.43 bits per heavy atom. The fraction of sp³-hybridized carbons (Fsp3) is 0.333. The van der Waals surface area contributed by atoms with E-state index in [1.807, 2.05) is 0 Å². The number of thioether (sulfide) groups is 1. The van der Waals surface area contributed by atoms with Crippen LogP contribution in [-0.2, 0) is 9.59 Å². The van der Waals surface area contributed by atoms with Gasteiger partial charge < -0.3 is 0 Å². The average Bonchev–Trinajstić information content (AvgIpc) is 1.61. The summed E-state index contributed by atoms with van der Waals surface area (Å²) in [4.78, 5) is 19.4. The zero-order chi connectivity index (χ0) is 5.70. The minimum absolute atomic E-state index is 0.173. The molecule has 0 amide bonds.